The molecule has 1 saturated heterocycles. The quantitative estimate of drug-likeness (QED) is 0.300. The average Bonchev–Trinajstić information content (AvgIpc) is 3.08. The van der Waals surface area contributed by atoms with Gasteiger partial charge < -0.3 is 9.47 Å². The molecule has 0 aromatic heterocycles. The molecular formula is C12H16Br2O2. The van der Waals surface area contributed by atoms with Gasteiger partial charge in [-0.2, -0.15) is 0 Å². The first-order valence-corrected chi connectivity index (χ1v) is 7.14. The molecule has 0 N–H and O–H groups in total. The van der Waals surface area contributed by atoms with Crippen LogP contribution in [0, 0.1) is 0 Å². The lowest BCUT2D eigenvalue weighted by Crippen LogP contribution is -2.00. The number of halogens is 2. The number of hydrogen-bond donors (Lipinski definition) is 0. The van der Waals surface area contributed by atoms with Gasteiger partial charge in [-0.25, -0.2) is 0 Å². The maximum absolute atomic E-state index is 5.48. The molecule has 1 aliphatic heterocycles. The van der Waals surface area contributed by atoms with E-state index in [1.807, 2.05) is 6.08 Å². The number of ether oxygens (including phenoxy) is 2. The van der Waals surface area contributed by atoms with Gasteiger partial charge in [0.15, 0.2) is 0 Å². The lowest BCUT2D eigenvalue weighted by Gasteiger charge is -2.07. The van der Waals surface area contributed by atoms with Gasteiger partial charge in [-0.3, -0.25) is 0 Å². The zero-order valence-electron chi connectivity index (χ0n) is 9.34. The highest BCUT2D eigenvalue weighted by Gasteiger charge is 2.23. The second-order valence-electron chi connectivity index (χ2n) is 3.47. The summed E-state index contributed by atoms with van der Waals surface area (Å²) in [7, 11) is 0. The third kappa shape index (κ3) is 5.32. The van der Waals surface area contributed by atoms with Crippen molar-refractivity contribution >= 4 is 31.9 Å². The Balaban J connectivity index is 2.45. The van der Waals surface area contributed by atoms with Gasteiger partial charge in [-0.15, -0.1) is 0 Å². The van der Waals surface area contributed by atoms with Crippen LogP contribution in [-0.4, -0.2) is 24.6 Å². The monoisotopic (exact) mass is 350 g/mol. The lowest BCUT2D eigenvalue weighted by atomic mass is 10.2. The Morgan fingerprint density at radius 2 is 2.31 bits per heavy atom. The number of alkyl halides is 1. The average molecular weight is 352 g/mol. The van der Waals surface area contributed by atoms with E-state index in [-0.39, 0.29) is 6.10 Å². The van der Waals surface area contributed by atoms with Gasteiger partial charge in [0, 0.05) is 5.33 Å². The van der Waals surface area contributed by atoms with Gasteiger partial charge in [-0.05, 0) is 28.4 Å². The lowest BCUT2D eigenvalue weighted by molar-refractivity contribution is 0.193. The predicted molar refractivity (Wildman–Crippen MR) is 74.0 cm³/mol. The molecule has 16 heavy (non-hydrogen) atoms. The van der Waals surface area contributed by atoms with Crippen molar-refractivity contribution in [2.75, 3.05) is 18.5 Å². The molecule has 90 valence electrons. The molecule has 0 bridgehead atoms. The minimum atomic E-state index is 0.265. The van der Waals surface area contributed by atoms with Crippen LogP contribution in [0.5, 0.6) is 0 Å². The Bertz CT molecular complexity index is 304. The van der Waals surface area contributed by atoms with Gasteiger partial charge in [0.2, 0.25) is 0 Å². The summed E-state index contributed by atoms with van der Waals surface area (Å²) in [5.74, 6) is 0.657. The van der Waals surface area contributed by atoms with Crippen LogP contribution >= 0.6 is 31.9 Å². The number of epoxide rings is 1. The highest BCUT2D eigenvalue weighted by Crippen LogP contribution is 2.22. The molecule has 0 aromatic rings. The van der Waals surface area contributed by atoms with Crippen LogP contribution in [0.3, 0.4) is 0 Å². The highest BCUT2D eigenvalue weighted by molar-refractivity contribution is 9.12. The first-order chi connectivity index (χ1) is 7.67. The van der Waals surface area contributed by atoms with E-state index in [1.54, 1.807) is 0 Å². The molecule has 4 heteroatoms. The van der Waals surface area contributed by atoms with Crippen molar-refractivity contribution in [3.63, 3.8) is 0 Å². The number of rotatable bonds is 7. The third-order valence-electron chi connectivity index (χ3n) is 2.17. The van der Waals surface area contributed by atoms with E-state index in [2.05, 4.69) is 51.4 Å². The van der Waals surface area contributed by atoms with Crippen LogP contribution in [0.1, 0.15) is 13.3 Å². The van der Waals surface area contributed by atoms with Crippen molar-refractivity contribution in [2.45, 2.75) is 19.4 Å². The molecule has 1 heterocycles. The first-order valence-electron chi connectivity index (χ1n) is 5.23. The summed E-state index contributed by atoms with van der Waals surface area (Å²) in [5, 5.41) is 0.857. The fourth-order valence-corrected chi connectivity index (χ4v) is 1.90. The van der Waals surface area contributed by atoms with Gasteiger partial charge >= 0.3 is 0 Å². The van der Waals surface area contributed by atoms with Crippen LogP contribution in [0.25, 0.3) is 0 Å². The van der Waals surface area contributed by atoms with Crippen LogP contribution in [0.2, 0.25) is 0 Å². The van der Waals surface area contributed by atoms with Gasteiger partial charge in [0.1, 0.15) is 18.5 Å². The van der Waals surface area contributed by atoms with E-state index in [1.165, 1.54) is 5.57 Å². The van der Waals surface area contributed by atoms with E-state index in [0.717, 1.165) is 22.8 Å². The van der Waals surface area contributed by atoms with E-state index < -0.39 is 0 Å². The topological polar surface area (TPSA) is 21.8 Å². The van der Waals surface area contributed by atoms with E-state index in [0.29, 0.717) is 12.4 Å². The second-order valence-corrected chi connectivity index (χ2v) is 4.97. The van der Waals surface area contributed by atoms with Crippen LogP contribution in [0.4, 0.5) is 0 Å². The maximum atomic E-state index is 5.48. The third-order valence-corrected chi connectivity index (χ3v) is 3.17. The molecule has 1 atom stereocenters. The summed E-state index contributed by atoms with van der Waals surface area (Å²) in [4.78, 5) is 0. The van der Waals surface area contributed by atoms with Crippen molar-refractivity contribution in [2.24, 2.45) is 0 Å². The largest absolute Gasteiger partial charge is 0.490 e. The van der Waals surface area contributed by atoms with E-state index in [9.17, 15) is 0 Å². The molecule has 2 nitrogen and oxygen atoms in total. The van der Waals surface area contributed by atoms with Gasteiger partial charge in [-0.1, -0.05) is 41.1 Å². The Morgan fingerprint density at radius 3 is 2.81 bits per heavy atom. The molecule has 1 unspecified atom stereocenters. The Morgan fingerprint density at radius 1 is 1.62 bits per heavy atom. The number of allylic oxidation sites excluding steroid dienone is 4. The molecule has 0 amide bonds. The van der Waals surface area contributed by atoms with Crippen molar-refractivity contribution in [3.05, 3.63) is 34.5 Å². The summed E-state index contributed by atoms with van der Waals surface area (Å²) < 4.78 is 11.4. The summed E-state index contributed by atoms with van der Waals surface area (Å²) in [6.45, 7) is 7.38. The summed E-state index contributed by atoms with van der Waals surface area (Å²) in [5.41, 5.74) is 1.25. The molecule has 0 aliphatic carbocycles. The smallest absolute Gasteiger partial charge is 0.126 e. The number of hydrogen-bond acceptors (Lipinski definition) is 2. The van der Waals surface area contributed by atoms with Crippen molar-refractivity contribution in [1.29, 1.82) is 0 Å². The van der Waals surface area contributed by atoms with Gasteiger partial charge in [0.05, 0.1) is 11.1 Å². The Kier molecular flexibility index (Phi) is 6.39. The normalized spacial score (nSPS) is 20.8. The fraction of sp³-hybridized carbons (Fsp3) is 0.500. The molecule has 0 radical (unpaired) electrons. The van der Waals surface area contributed by atoms with Crippen LogP contribution in [0.15, 0.2) is 34.5 Å². The highest BCUT2D eigenvalue weighted by atomic mass is 79.9. The Hall–Kier alpha value is -0.0600. The molecule has 1 fully saturated rings. The standard InChI is InChI=1S/C12H16Br2O2/c1-3-10(4-5-13)6-12(14)9(2)15-7-11-8-16-11/h4,6,11H,2-3,5,7-8H2,1H3/b10-4-,12-6+. The Labute approximate surface area is 114 Å². The SMILES string of the molecule is C=C(OCC1CO1)/C(Br)=C\C(=C/CBr)CC. The molecule has 1 rings (SSSR count). The zero-order valence-corrected chi connectivity index (χ0v) is 12.5. The predicted octanol–water partition coefficient (Wildman–Crippen LogP) is 3.93. The van der Waals surface area contributed by atoms with Crippen molar-refractivity contribution in [3.8, 4) is 0 Å². The summed E-state index contributed by atoms with van der Waals surface area (Å²) in [6, 6.07) is 0. The minimum Gasteiger partial charge on any atom is -0.490 e. The molecule has 0 saturated carbocycles. The maximum Gasteiger partial charge on any atom is 0.126 e. The van der Waals surface area contributed by atoms with Crippen LogP contribution < -0.4 is 0 Å². The van der Waals surface area contributed by atoms with E-state index >= 15 is 0 Å². The molecule has 0 spiro atoms. The molecular weight excluding hydrogens is 336 g/mol. The van der Waals surface area contributed by atoms with Crippen molar-refractivity contribution < 1.29 is 9.47 Å². The molecule has 1 aliphatic rings. The first kappa shape index (κ1) is 14.0. The van der Waals surface area contributed by atoms with Gasteiger partial charge in [0.25, 0.3) is 0 Å². The summed E-state index contributed by atoms with van der Waals surface area (Å²) in [6.07, 6.45) is 5.41. The summed E-state index contributed by atoms with van der Waals surface area (Å²) >= 11 is 6.85. The van der Waals surface area contributed by atoms with Crippen LogP contribution in [-0.2, 0) is 9.47 Å². The minimum absolute atomic E-state index is 0.265. The van der Waals surface area contributed by atoms with E-state index in [4.69, 9.17) is 9.47 Å². The fourth-order valence-electron chi connectivity index (χ4n) is 1.07. The van der Waals surface area contributed by atoms with Crippen molar-refractivity contribution in [1.82, 2.24) is 0 Å². The second kappa shape index (κ2) is 7.30. The molecule has 0 aromatic carbocycles. The zero-order chi connectivity index (χ0) is 12.0.